The van der Waals surface area contributed by atoms with E-state index in [0.717, 1.165) is 18.7 Å². The predicted molar refractivity (Wildman–Crippen MR) is 80.4 cm³/mol. The Bertz CT molecular complexity index is 365. The summed E-state index contributed by atoms with van der Waals surface area (Å²) in [5.74, 6) is 0.646. The highest BCUT2D eigenvalue weighted by molar-refractivity contribution is 5.12. The number of ether oxygens (including phenoxy) is 1. The Labute approximate surface area is 122 Å². The van der Waals surface area contributed by atoms with Gasteiger partial charge < -0.3 is 10.1 Å². The van der Waals surface area contributed by atoms with Gasteiger partial charge in [-0.3, -0.25) is 0 Å². The molecule has 2 atom stereocenters. The van der Waals surface area contributed by atoms with Gasteiger partial charge in [-0.2, -0.15) is 0 Å². The highest BCUT2D eigenvalue weighted by Gasteiger charge is 2.32. The summed E-state index contributed by atoms with van der Waals surface area (Å²) in [7, 11) is 0. The van der Waals surface area contributed by atoms with E-state index in [0.29, 0.717) is 5.92 Å². The molecule has 0 amide bonds. The fraction of sp³-hybridized carbons (Fsp3) is 0.750. The van der Waals surface area contributed by atoms with Gasteiger partial charge in [0.2, 0.25) is 0 Å². The van der Waals surface area contributed by atoms with Crippen molar-refractivity contribution in [1.82, 2.24) is 15.3 Å². The van der Waals surface area contributed by atoms with Crippen LogP contribution in [0.2, 0.25) is 0 Å². The molecule has 112 valence electrons. The van der Waals surface area contributed by atoms with E-state index in [1.165, 1.54) is 32.1 Å². The lowest BCUT2D eigenvalue weighted by molar-refractivity contribution is -0.0181. The van der Waals surface area contributed by atoms with Crippen LogP contribution in [0.25, 0.3) is 0 Å². The number of nitrogens with zero attached hydrogens (tertiary/aromatic N) is 2. The Morgan fingerprint density at radius 1 is 1.20 bits per heavy atom. The molecule has 1 fully saturated rings. The van der Waals surface area contributed by atoms with E-state index in [-0.39, 0.29) is 12.1 Å². The van der Waals surface area contributed by atoms with Gasteiger partial charge >= 0.3 is 0 Å². The second kappa shape index (κ2) is 8.32. The van der Waals surface area contributed by atoms with Crippen LogP contribution in [0.3, 0.4) is 0 Å². The molecule has 4 heteroatoms. The molecule has 0 bridgehead atoms. The molecule has 2 unspecified atom stereocenters. The molecule has 0 saturated heterocycles. The Morgan fingerprint density at radius 3 is 2.50 bits per heavy atom. The maximum atomic E-state index is 6.13. The van der Waals surface area contributed by atoms with Crippen LogP contribution in [0.5, 0.6) is 0 Å². The van der Waals surface area contributed by atoms with Crippen LogP contribution in [0.4, 0.5) is 0 Å². The van der Waals surface area contributed by atoms with Crippen molar-refractivity contribution in [3.63, 3.8) is 0 Å². The summed E-state index contributed by atoms with van der Waals surface area (Å²) in [5, 5.41) is 3.58. The zero-order chi connectivity index (χ0) is 14.2. The van der Waals surface area contributed by atoms with E-state index in [1.807, 2.05) is 12.4 Å². The van der Waals surface area contributed by atoms with Crippen molar-refractivity contribution in [1.29, 1.82) is 0 Å². The first-order chi connectivity index (χ1) is 9.86. The summed E-state index contributed by atoms with van der Waals surface area (Å²) >= 11 is 0. The molecular formula is C16H27N3O. The smallest absolute Gasteiger partial charge is 0.115 e. The van der Waals surface area contributed by atoms with Crippen LogP contribution in [0.15, 0.2) is 18.7 Å². The van der Waals surface area contributed by atoms with Gasteiger partial charge in [-0.25, -0.2) is 9.97 Å². The van der Waals surface area contributed by atoms with Crippen LogP contribution in [-0.4, -0.2) is 29.2 Å². The Balaban J connectivity index is 2.17. The SMILES string of the molecule is CCNC(c1cncnc1)C(OCC)C1CCCCC1. The maximum Gasteiger partial charge on any atom is 0.115 e. The second-order valence-electron chi connectivity index (χ2n) is 5.53. The lowest BCUT2D eigenvalue weighted by Crippen LogP contribution is -2.40. The summed E-state index contributed by atoms with van der Waals surface area (Å²) in [4.78, 5) is 8.34. The van der Waals surface area contributed by atoms with Crippen molar-refractivity contribution in [2.45, 2.75) is 58.1 Å². The summed E-state index contributed by atoms with van der Waals surface area (Å²) in [6.45, 7) is 5.91. The summed E-state index contributed by atoms with van der Waals surface area (Å²) in [5.41, 5.74) is 1.14. The van der Waals surface area contributed by atoms with Gasteiger partial charge in [0, 0.05) is 24.6 Å². The van der Waals surface area contributed by atoms with Crippen molar-refractivity contribution >= 4 is 0 Å². The first kappa shape index (κ1) is 15.4. The van der Waals surface area contributed by atoms with E-state index in [4.69, 9.17) is 4.74 Å². The average molecular weight is 277 g/mol. The molecular weight excluding hydrogens is 250 g/mol. The van der Waals surface area contributed by atoms with Crippen molar-refractivity contribution in [3.8, 4) is 0 Å². The lowest BCUT2D eigenvalue weighted by Gasteiger charge is -2.36. The fourth-order valence-corrected chi connectivity index (χ4v) is 3.27. The zero-order valence-corrected chi connectivity index (χ0v) is 12.7. The molecule has 1 aliphatic carbocycles. The molecule has 1 heterocycles. The Morgan fingerprint density at radius 2 is 1.90 bits per heavy atom. The molecule has 0 aliphatic heterocycles. The molecule has 2 rings (SSSR count). The van der Waals surface area contributed by atoms with Gasteiger partial charge in [0.15, 0.2) is 0 Å². The fourth-order valence-electron chi connectivity index (χ4n) is 3.27. The molecule has 1 aromatic heterocycles. The number of hydrogen-bond acceptors (Lipinski definition) is 4. The molecule has 1 N–H and O–H groups in total. The van der Waals surface area contributed by atoms with E-state index < -0.39 is 0 Å². The normalized spacial score (nSPS) is 19.7. The molecule has 4 nitrogen and oxygen atoms in total. The minimum Gasteiger partial charge on any atom is -0.376 e. The lowest BCUT2D eigenvalue weighted by atomic mass is 9.81. The third-order valence-electron chi connectivity index (χ3n) is 4.17. The number of likely N-dealkylation sites (N-methyl/N-ethyl adjacent to an activating group) is 1. The van der Waals surface area contributed by atoms with Gasteiger partial charge in [0.25, 0.3) is 0 Å². The highest BCUT2D eigenvalue weighted by atomic mass is 16.5. The minimum absolute atomic E-state index is 0.198. The van der Waals surface area contributed by atoms with Gasteiger partial charge in [-0.1, -0.05) is 26.2 Å². The van der Waals surface area contributed by atoms with Gasteiger partial charge in [0.1, 0.15) is 6.33 Å². The standard InChI is InChI=1S/C16H27N3O/c1-3-19-15(14-10-17-12-18-11-14)16(20-4-2)13-8-6-5-7-9-13/h10-13,15-16,19H,3-9H2,1-2H3. The third kappa shape index (κ3) is 4.00. The Kier molecular flexibility index (Phi) is 6.40. The molecule has 20 heavy (non-hydrogen) atoms. The number of hydrogen-bond donors (Lipinski definition) is 1. The molecule has 0 spiro atoms. The van der Waals surface area contributed by atoms with Gasteiger partial charge in [-0.05, 0) is 32.2 Å². The van der Waals surface area contributed by atoms with E-state index in [1.54, 1.807) is 6.33 Å². The minimum atomic E-state index is 0.198. The van der Waals surface area contributed by atoms with Crippen LogP contribution in [0, 0.1) is 5.92 Å². The highest BCUT2D eigenvalue weighted by Crippen LogP contribution is 2.34. The van der Waals surface area contributed by atoms with Crippen molar-refractivity contribution in [3.05, 3.63) is 24.3 Å². The van der Waals surface area contributed by atoms with Crippen LogP contribution < -0.4 is 5.32 Å². The van der Waals surface area contributed by atoms with Crippen LogP contribution in [-0.2, 0) is 4.74 Å². The van der Waals surface area contributed by atoms with Crippen LogP contribution in [0.1, 0.15) is 57.6 Å². The zero-order valence-electron chi connectivity index (χ0n) is 12.7. The Hall–Kier alpha value is -1.00. The second-order valence-corrected chi connectivity index (χ2v) is 5.53. The molecule has 0 radical (unpaired) electrons. The monoisotopic (exact) mass is 277 g/mol. The quantitative estimate of drug-likeness (QED) is 0.832. The average Bonchev–Trinajstić information content (AvgIpc) is 2.52. The summed E-state index contributed by atoms with van der Waals surface area (Å²) < 4.78 is 6.13. The number of rotatable bonds is 7. The number of aromatic nitrogens is 2. The van der Waals surface area contributed by atoms with E-state index in [9.17, 15) is 0 Å². The first-order valence-electron chi connectivity index (χ1n) is 7.96. The van der Waals surface area contributed by atoms with E-state index in [2.05, 4.69) is 29.1 Å². The van der Waals surface area contributed by atoms with Gasteiger partial charge in [0.05, 0.1) is 12.1 Å². The summed E-state index contributed by atoms with van der Waals surface area (Å²) in [6.07, 6.45) is 12.2. The van der Waals surface area contributed by atoms with Crippen LogP contribution >= 0.6 is 0 Å². The molecule has 1 aromatic rings. The van der Waals surface area contributed by atoms with E-state index >= 15 is 0 Å². The van der Waals surface area contributed by atoms with Gasteiger partial charge in [-0.15, -0.1) is 0 Å². The third-order valence-corrected chi connectivity index (χ3v) is 4.17. The largest absolute Gasteiger partial charge is 0.376 e. The maximum absolute atomic E-state index is 6.13. The number of nitrogens with one attached hydrogen (secondary N) is 1. The van der Waals surface area contributed by atoms with Crippen molar-refractivity contribution < 1.29 is 4.74 Å². The predicted octanol–water partition coefficient (Wildman–Crippen LogP) is 3.11. The molecule has 1 saturated carbocycles. The van der Waals surface area contributed by atoms with Crippen molar-refractivity contribution in [2.75, 3.05) is 13.2 Å². The summed E-state index contributed by atoms with van der Waals surface area (Å²) in [6, 6.07) is 0.198. The first-order valence-corrected chi connectivity index (χ1v) is 7.96. The molecule has 0 aromatic carbocycles. The molecule has 1 aliphatic rings. The van der Waals surface area contributed by atoms with Crippen molar-refractivity contribution in [2.24, 2.45) is 5.92 Å². The topological polar surface area (TPSA) is 47.0 Å².